The third-order valence-electron chi connectivity index (χ3n) is 3.60. The molecule has 0 aromatic carbocycles. The molecular formula is C13H27NS. The van der Waals surface area contributed by atoms with Gasteiger partial charge in [-0.25, -0.2) is 0 Å². The second kappa shape index (κ2) is 8.46. The monoisotopic (exact) mass is 229 g/mol. The van der Waals surface area contributed by atoms with Crippen molar-refractivity contribution in [2.75, 3.05) is 25.1 Å². The standard InChI is InChI=1S/C13H27NS/c1-3-12-6-4-7-13(10-12)11-14-8-5-9-15-2/h12-14H,3-11H2,1-2H3. The summed E-state index contributed by atoms with van der Waals surface area (Å²) >= 11 is 1.95. The SMILES string of the molecule is CCC1CCCC(CNCCCSC)C1. The largest absolute Gasteiger partial charge is 0.316 e. The van der Waals surface area contributed by atoms with Crippen molar-refractivity contribution in [2.45, 2.75) is 45.4 Å². The van der Waals surface area contributed by atoms with Gasteiger partial charge in [0, 0.05) is 0 Å². The van der Waals surface area contributed by atoms with Crippen LogP contribution in [-0.4, -0.2) is 25.1 Å². The summed E-state index contributed by atoms with van der Waals surface area (Å²) < 4.78 is 0. The lowest BCUT2D eigenvalue weighted by Crippen LogP contribution is -2.28. The van der Waals surface area contributed by atoms with E-state index in [1.807, 2.05) is 11.8 Å². The van der Waals surface area contributed by atoms with Gasteiger partial charge in [0.2, 0.25) is 0 Å². The molecule has 0 amide bonds. The molecule has 15 heavy (non-hydrogen) atoms. The van der Waals surface area contributed by atoms with Gasteiger partial charge < -0.3 is 5.32 Å². The number of nitrogens with one attached hydrogen (secondary N) is 1. The van der Waals surface area contributed by atoms with Crippen LogP contribution in [0.5, 0.6) is 0 Å². The minimum atomic E-state index is 0.970. The fourth-order valence-corrected chi connectivity index (χ4v) is 3.04. The van der Waals surface area contributed by atoms with Crippen molar-refractivity contribution in [3.8, 4) is 0 Å². The van der Waals surface area contributed by atoms with Crippen LogP contribution in [0.25, 0.3) is 0 Å². The van der Waals surface area contributed by atoms with E-state index in [0.29, 0.717) is 0 Å². The highest BCUT2D eigenvalue weighted by atomic mass is 32.2. The second-order valence-corrected chi connectivity index (χ2v) is 5.84. The molecule has 0 spiro atoms. The zero-order chi connectivity index (χ0) is 10.9. The Morgan fingerprint density at radius 2 is 2.07 bits per heavy atom. The van der Waals surface area contributed by atoms with Crippen LogP contribution in [0.15, 0.2) is 0 Å². The summed E-state index contributed by atoms with van der Waals surface area (Å²) in [4.78, 5) is 0. The summed E-state index contributed by atoms with van der Waals surface area (Å²) in [5.41, 5.74) is 0. The molecule has 1 rings (SSSR count). The second-order valence-electron chi connectivity index (χ2n) is 4.86. The quantitative estimate of drug-likeness (QED) is 0.670. The van der Waals surface area contributed by atoms with E-state index >= 15 is 0 Å². The van der Waals surface area contributed by atoms with Crippen LogP contribution in [0.1, 0.15) is 45.4 Å². The Balaban J connectivity index is 2.00. The predicted molar refractivity (Wildman–Crippen MR) is 71.6 cm³/mol. The molecule has 2 atom stereocenters. The Bertz CT molecular complexity index is 149. The lowest BCUT2D eigenvalue weighted by atomic mass is 9.80. The molecule has 1 saturated carbocycles. The van der Waals surface area contributed by atoms with Crippen LogP contribution in [-0.2, 0) is 0 Å². The molecule has 1 aliphatic carbocycles. The zero-order valence-corrected chi connectivity index (χ0v) is 11.2. The highest BCUT2D eigenvalue weighted by Crippen LogP contribution is 2.30. The third-order valence-corrected chi connectivity index (χ3v) is 4.30. The highest BCUT2D eigenvalue weighted by Gasteiger charge is 2.19. The van der Waals surface area contributed by atoms with E-state index in [9.17, 15) is 0 Å². The van der Waals surface area contributed by atoms with E-state index in [2.05, 4.69) is 18.5 Å². The average molecular weight is 229 g/mol. The van der Waals surface area contributed by atoms with E-state index < -0.39 is 0 Å². The first-order valence-corrected chi connectivity index (χ1v) is 7.95. The van der Waals surface area contributed by atoms with Crippen LogP contribution in [0.4, 0.5) is 0 Å². The first-order chi connectivity index (χ1) is 7.36. The van der Waals surface area contributed by atoms with E-state index in [1.165, 1.54) is 57.4 Å². The maximum atomic E-state index is 3.62. The molecule has 0 heterocycles. The summed E-state index contributed by atoms with van der Waals surface area (Å²) in [6.45, 7) is 4.83. The van der Waals surface area contributed by atoms with Crippen LogP contribution in [0.2, 0.25) is 0 Å². The molecule has 0 radical (unpaired) electrons. The first kappa shape index (κ1) is 13.4. The molecule has 2 unspecified atom stereocenters. The topological polar surface area (TPSA) is 12.0 Å². The Hall–Kier alpha value is 0.310. The molecule has 0 aliphatic heterocycles. The summed E-state index contributed by atoms with van der Waals surface area (Å²) in [6, 6.07) is 0. The normalized spacial score (nSPS) is 26.8. The lowest BCUT2D eigenvalue weighted by Gasteiger charge is -2.28. The van der Waals surface area contributed by atoms with Crippen molar-refractivity contribution >= 4 is 11.8 Å². The minimum absolute atomic E-state index is 0.970. The van der Waals surface area contributed by atoms with Gasteiger partial charge in [0.1, 0.15) is 0 Å². The van der Waals surface area contributed by atoms with Gasteiger partial charge in [-0.05, 0) is 56.2 Å². The molecule has 1 nitrogen and oxygen atoms in total. The van der Waals surface area contributed by atoms with Crippen LogP contribution in [0, 0.1) is 11.8 Å². The van der Waals surface area contributed by atoms with Crippen molar-refractivity contribution < 1.29 is 0 Å². The molecule has 0 saturated heterocycles. The maximum absolute atomic E-state index is 3.62. The molecule has 90 valence electrons. The first-order valence-electron chi connectivity index (χ1n) is 6.56. The molecule has 0 aromatic heterocycles. The molecule has 0 aromatic rings. The summed E-state index contributed by atoms with van der Waals surface area (Å²) in [5.74, 6) is 3.30. The van der Waals surface area contributed by atoms with Gasteiger partial charge in [-0.1, -0.05) is 26.2 Å². The van der Waals surface area contributed by atoms with Crippen molar-refractivity contribution in [1.29, 1.82) is 0 Å². The van der Waals surface area contributed by atoms with Crippen LogP contribution in [0.3, 0.4) is 0 Å². The fraction of sp³-hybridized carbons (Fsp3) is 1.00. The van der Waals surface area contributed by atoms with E-state index in [4.69, 9.17) is 0 Å². The summed E-state index contributed by atoms with van der Waals surface area (Å²) in [5, 5.41) is 3.62. The van der Waals surface area contributed by atoms with Gasteiger partial charge in [-0.2, -0.15) is 11.8 Å². The van der Waals surface area contributed by atoms with Crippen LogP contribution < -0.4 is 5.32 Å². The molecule has 1 fully saturated rings. The number of hydrogen-bond donors (Lipinski definition) is 1. The van der Waals surface area contributed by atoms with Gasteiger partial charge in [-0.3, -0.25) is 0 Å². The molecule has 1 aliphatic rings. The fourth-order valence-electron chi connectivity index (χ4n) is 2.61. The number of rotatable bonds is 7. The number of thioether (sulfide) groups is 1. The van der Waals surface area contributed by atoms with Crippen molar-refractivity contribution in [3.05, 3.63) is 0 Å². The Morgan fingerprint density at radius 1 is 1.27 bits per heavy atom. The van der Waals surface area contributed by atoms with Crippen LogP contribution >= 0.6 is 11.8 Å². The highest BCUT2D eigenvalue weighted by molar-refractivity contribution is 7.98. The maximum Gasteiger partial charge on any atom is -0.00204 e. The van der Waals surface area contributed by atoms with Gasteiger partial charge in [0.15, 0.2) is 0 Å². The Morgan fingerprint density at radius 3 is 2.80 bits per heavy atom. The van der Waals surface area contributed by atoms with Crippen molar-refractivity contribution in [2.24, 2.45) is 11.8 Å². The third kappa shape index (κ3) is 5.82. The molecular weight excluding hydrogens is 202 g/mol. The minimum Gasteiger partial charge on any atom is -0.316 e. The van der Waals surface area contributed by atoms with E-state index in [0.717, 1.165) is 11.8 Å². The predicted octanol–water partition coefficient (Wildman–Crippen LogP) is 3.55. The van der Waals surface area contributed by atoms with E-state index in [-0.39, 0.29) is 0 Å². The smallest absolute Gasteiger partial charge is 0.00204 e. The molecule has 0 bridgehead atoms. The zero-order valence-electron chi connectivity index (χ0n) is 10.4. The number of hydrogen-bond acceptors (Lipinski definition) is 2. The molecule has 1 N–H and O–H groups in total. The van der Waals surface area contributed by atoms with Crippen molar-refractivity contribution in [1.82, 2.24) is 5.32 Å². The Labute approximate surface area is 99.8 Å². The van der Waals surface area contributed by atoms with Gasteiger partial charge in [0.05, 0.1) is 0 Å². The Kier molecular flexibility index (Phi) is 7.54. The van der Waals surface area contributed by atoms with Gasteiger partial charge in [-0.15, -0.1) is 0 Å². The lowest BCUT2D eigenvalue weighted by molar-refractivity contribution is 0.254. The summed E-state index contributed by atoms with van der Waals surface area (Å²) in [6.07, 6.45) is 10.8. The van der Waals surface area contributed by atoms with Crippen molar-refractivity contribution in [3.63, 3.8) is 0 Å². The average Bonchev–Trinajstić information content (AvgIpc) is 2.29. The van der Waals surface area contributed by atoms with Gasteiger partial charge >= 0.3 is 0 Å². The molecule has 2 heteroatoms. The summed E-state index contributed by atoms with van der Waals surface area (Å²) in [7, 11) is 0. The van der Waals surface area contributed by atoms with E-state index in [1.54, 1.807) is 0 Å². The van der Waals surface area contributed by atoms with Gasteiger partial charge in [0.25, 0.3) is 0 Å².